The summed E-state index contributed by atoms with van der Waals surface area (Å²) in [7, 11) is 0. The Kier molecular flexibility index (Phi) is 6.52. The predicted octanol–water partition coefficient (Wildman–Crippen LogP) is 1.29. The number of hydrogen-bond acceptors (Lipinski definition) is 5. The smallest absolute Gasteiger partial charge is 0.327 e. The molecule has 8 nitrogen and oxygen atoms in total. The molecule has 1 aromatic heterocycles. The standard InChI is InChI=1S/C21H30N4O4/c1-16(2)15-25-20(29)24(12-13-26)19(28)21(25)7-10-23(11-8-21)18(27)6-5-17-4-3-9-22-14-17/h3-4,9,14,16,26H,5-8,10-13,15H2,1-2H3. The van der Waals surface area contributed by atoms with Gasteiger partial charge in [-0.05, 0) is 36.8 Å². The van der Waals surface area contributed by atoms with E-state index >= 15 is 0 Å². The van der Waals surface area contributed by atoms with Gasteiger partial charge in [0.25, 0.3) is 5.91 Å². The van der Waals surface area contributed by atoms with Gasteiger partial charge < -0.3 is 14.9 Å². The Bertz CT molecular complexity index is 744. The molecule has 0 bridgehead atoms. The van der Waals surface area contributed by atoms with Crippen LogP contribution in [0.15, 0.2) is 24.5 Å². The molecule has 158 valence electrons. The van der Waals surface area contributed by atoms with Crippen LogP contribution >= 0.6 is 0 Å². The van der Waals surface area contributed by atoms with Gasteiger partial charge in [0.1, 0.15) is 5.54 Å². The molecular formula is C21H30N4O4. The first-order valence-corrected chi connectivity index (χ1v) is 10.3. The summed E-state index contributed by atoms with van der Waals surface area (Å²) in [5.74, 6) is 0.0413. The molecule has 2 aliphatic heterocycles. The van der Waals surface area contributed by atoms with Crippen molar-refractivity contribution < 1.29 is 19.5 Å². The third-order valence-electron chi connectivity index (χ3n) is 5.79. The zero-order chi connectivity index (χ0) is 21.0. The Hall–Kier alpha value is -2.48. The fourth-order valence-electron chi connectivity index (χ4n) is 4.26. The molecule has 29 heavy (non-hydrogen) atoms. The van der Waals surface area contributed by atoms with Gasteiger partial charge in [0, 0.05) is 38.4 Å². The van der Waals surface area contributed by atoms with Crippen molar-refractivity contribution in [2.24, 2.45) is 5.92 Å². The van der Waals surface area contributed by atoms with E-state index in [9.17, 15) is 19.5 Å². The zero-order valence-corrected chi connectivity index (χ0v) is 17.2. The van der Waals surface area contributed by atoms with E-state index < -0.39 is 5.54 Å². The van der Waals surface area contributed by atoms with Gasteiger partial charge in [-0.3, -0.25) is 19.5 Å². The van der Waals surface area contributed by atoms with Crippen LogP contribution in [0.2, 0.25) is 0 Å². The van der Waals surface area contributed by atoms with Crippen LogP contribution in [0.1, 0.15) is 38.7 Å². The molecule has 0 saturated carbocycles. The second-order valence-corrected chi connectivity index (χ2v) is 8.24. The maximum absolute atomic E-state index is 13.1. The van der Waals surface area contributed by atoms with Crippen LogP contribution < -0.4 is 0 Å². The summed E-state index contributed by atoms with van der Waals surface area (Å²) in [5.41, 5.74) is 0.130. The number of aryl methyl sites for hydroxylation is 1. The number of β-amino-alcohol motifs (C(OH)–C–C–N with tert-alkyl or cyclic N) is 1. The van der Waals surface area contributed by atoms with Gasteiger partial charge in [-0.1, -0.05) is 19.9 Å². The monoisotopic (exact) mass is 402 g/mol. The Morgan fingerprint density at radius 1 is 1.28 bits per heavy atom. The third-order valence-corrected chi connectivity index (χ3v) is 5.79. The van der Waals surface area contributed by atoms with Crippen LogP contribution in [-0.4, -0.2) is 81.0 Å². The summed E-state index contributed by atoms with van der Waals surface area (Å²) in [4.78, 5) is 47.3. The number of likely N-dealkylation sites (tertiary alicyclic amines) is 1. The highest BCUT2D eigenvalue weighted by Gasteiger charge is 2.57. The molecule has 2 saturated heterocycles. The lowest BCUT2D eigenvalue weighted by Crippen LogP contribution is -2.58. The highest BCUT2D eigenvalue weighted by atomic mass is 16.3. The average molecular weight is 402 g/mol. The molecule has 1 aromatic rings. The summed E-state index contributed by atoms with van der Waals surface area (Å²) in [6, 6.07) is 3.48. The maximum Gasteiger partial charge on any atom is 0.327 e. The van der Waals surface area contributed by atoms with E-state index in [4.69, 9.17) is 0 Å². The number of imide groups is 1. The van der Waals surface area contributed by atoms with Crippen molar-refractivity contribution in [1.82, 2.24) is 19.7 Å². The van der Waals surface area contributed by atoms with Gasteiger partial charge in [0.15, 0.2) is 0 Å². The summed E-state index contributed by atoms with van der Waals surface area (Å²) in [6.07, 6.45) is 5.38. The second-order valence-electron chi connectivity index (χ2n) is 8.24. The van der Waals surface area contributed by atoms with Crippen molar-refractivity contribution in [1.29, 1.82) is 0 Å². The lowest BCUT2D eigenvalue weighted by molar-refractivity contribution is -0.141. The first-order chi connectivity index (χ1) is 13.9. The van der Waals surface area contributed by atoms with E-state index in [1.54, 1.807) is 22.2 Å². The topological polar surface area (TPSA) is 94.0 Å². The van der Waals surface area contributed by atoms with E-state index in [-0.39, 0.29) is 36.9 Å². The molecule has 3 rings (SSSR count). The first kappa shape index (κ1) is 21.2. The van der Waals surface area contributed by atoms with E-state index in [1.807, 2.05) is 26.0 Å². The number of rotatable bonds is 7. The van der Waals surface area contributed by atoms with Crippen molar-refractivity contribution in [3.8, 4) is 0 Å². The Morgan fingerprint density at radius 3 is 2.59 bits per heavy atom. The van der Waals surface area contributed by atoms with Crippen LogP contribution in [0.4, 0.5) is 4.79 Å². The third kappa shape index (κ3) is 4.27. The minimum Gasteiger partial charge on any atom is -0.395 e. The molecule has 2 aliphatic rings. The number of aliphatic hydroxyl groups excluding tert-OH is 1. The Labute approximate surface area is 171 Å². The van der Waals surface area contributed by atoms with Crippen molar-refractivity contribution in [2.75, 3.05) is 32.8 Å². The van der Waals surface area contributed by atoms with E-state index in [0.717, 1.165) is 5.56 Å². The minimum atomic E-state index is -0.892. The number of urea groups is 1. The second kappa shape index (κ2) is 8.90. The van der Waals surface area contributed by atoms with Gasteiger partial charge in [-0.2, -0.15) is 0 Å². The van der Waals surface area contributed by atoms with Gasteiger partial charge in [0.2, 0.25) is 5.91 Å². The SMILES string of the molecule is CC(C)CN1C(=O)N(CCO)C(=O)C12CCN(C(=O)CCc1cccnc1)CC2. The van der Waals surface area contributed by atoms with Gasteiger partial charge in [-0.15, -0.1) is 0 Å². The summed E-state index contributed by atoms with van der Waals surface area (Å²) < 4.78 is 0. The molecule has 1 N–H and O–H groups in total. The first-order valence-electron chi connectivity index (χ1n) is 10.3. The van der Waals surface area contributed by atoms with Crippen LogP contribution in [0.25, 0.3) is 0 Å². The number of carbonyl (C=O) groups is 3. The number of carbonyl (C=O) groups excluding carboxylic acids is 3. The molecule has 0 aliphatic carbocycles. The van der Waals surface area contributed by atoms with Crippen molar-refractivity contribution in [3.63, 3.8) is 0 Å². The normalized spacial score (nSPS) is 19.0. The average Bonchev–Trinajstić information content (AvgIpc) is 2.90. The Balaban J connectivity index is 1.66. The molecule has 8 heteroatoms. The lowest BCUT2D eigenvalue weighted by Gasteiger charge is -2.42. The number of aromatic nitrogens is 1. The predicted molar refractivity (Wildman–Crippen MR) is 107 cm³/mol. The molecular weight excluding hydrogens is 372 g/mol. The molecule has 3 heterocycles. The van der Waals surface area contributed by atoms with Crippen LogP contribution in [0, 0.1) is 5.92 Å². The fraction of sp³-hybridized carbons (Fsp3) is 0.619. The fourth-order valence-corrected chi connectivity index (χ4v) is 4.26. The van der Waals surface area contributed by atoms with Crippen molar-refractivity contribution in [3.05, 3.63) is 30.1 Å². The Morgan fingerprint density at radius 2 is 2.00 bits per heavy atom. The summed E-state index contributed by atoms with van der Waals surface area (Å²) in [6.45, 7) is 5.18. The van der Waals surface area contributed by atoms with E-state index in [0.29, 0.717) is 45.3 Å². The van der Waals surface area contributed by atoms with E-state index in [2.05, 4.69) is 4.98 Å². The molecule has 1 spiro atoms. The van der Waals surface area contributed by atoms with Crippen LogP contribution in [-0.2, 0) is 16.0 Å². The van der Waals surface area contributed by atoms with Gasteiger partial charge in [0.05, 0.1) is 13.2 Å². The zero-order valence-electron chi connectivity index (χ0n) is 17.2. The quantitative estimate of drug-likeness (QED) is 0.694. The van der Waals surface area contributed by atoms with Crippen LogP contribution in [0.3, 0.4) is 0 Å². The summed E-state index contributed by atoms with van der Waals surface area (Å²) in [5, 5.41) is 9.26. The molecule has 2 fully saturated rings. The molecule has 0 radical (unpaired) electrons. The molecule has 0 aromatic carbocycles. The number of nitrogens with zero attached hydrogens (tertiary/aromatic N) is 4. The number of piperidine rings is 1. The molecule has 4 amide bonds. The summed E-state index contributed by atoms with van der Waals surface area (Å²) >= 11 is 0. The highest BCUT2D eigenvalue weighted by molar-refractivity contribution is 6.07. The minimum absolute atomic E-state index is 0.0156. The largest absolute Gasteiger partial charge is 0.395 e. The van der Waals surface area contributed by atoms with Gasteiger partial charge >= 0.3 is 6.03 Å². The number of hydrogen-bond donors (Lipinski definition) is 1. The van der Waals surface area contributed by atoms with Crippen molar-refractivity contribution in [2.45, 2.75) is 45.1 Å². The number of aliphatic hydroxyl groups is 1. The number of pyridine rings is 1. The lowest BCUT2D eigenvalue weighted by atomic mass is 9.85. The highest BCUT2D eigenvalue weighted by Crippen LogP contribution is 2.38. The van der Waals surface area contributed by atoms with E-state index in [1.165, 1.54) is 4.90 Å². The molecule has 0 atom stereocenters. The number of amides is 4. The molecule has 0 unspecified atom stereocenters. The van der Waals surface area contributed by atoms with Crippen LogP contribution in [0.5, 0.6) is 0 Å². The van der Waals surface area contributed by atoms with Gasteiger partial charge in [-0.25, -0.2) is 4.79 Å². The van der Waals surface area contributed by atoms with Crippen molar-refractivity contribution >= 4 is 17.8 Å². The maximum atomic E-state index is 13.1.